The van der Waals surface area contributed by atoms with Crippen LogP contribution in [0.5, 0.6) is 0 Å². The second kappa shape index (κ2) is 7.15. The number of rotatable bonds is 4. The SMILES string of the molecule is C1CN(Cc2nn[nH]n2)CCN(Cc2nn[nH]n2)CCN1. The maximum Gasteiger partial charge on any atom is 0.188 e. The van der Waals surface area contributed by atoms with Gasteiger partial charge in [-0.3, -0.25) is 9.80 Å². The van der Waals surface area contributed by atoms with E-state index in [4.69, 9.17) is 0 Å². The summed E-state index contributed by atoms with van der Waals surface area (Å²) in [5, 5.41) is 31.7. The van der Waals surface area contributed by atoms with E-state index < -0.39 is 0 Å². The molecule has 0 radical (unpaired) electrons. The van der Waals surface area contributed by atoms with Crippen LogP contribution in [0, 0.1) is 0 Å². The Morgan fingerprint density at radius 1 is 0.762 bits per heavy atom. The lowest BCUT2D eigenvalue weighted by Crippen LogP contribution is -2.35. The molecule has 3 N–H and O–H groups in total. The zero-order chi connectivity index (χ0) is 14.3. The maximum absolute atomic E-state index is 4.01. The molecule has 0 amide bonds. The molecule has 1 aliphatic heterocycles. The molecule has 0 unspecified atom stereocenters. The first-order valence-corrected chi connectivity index (χ1v) is 7.00. The van der Waals surface area contributed by atoms with Crippen molar-refractivity contribution >= 4 is 0 Å². The Labute approximate surface area is 121 Å². The lowest BCUT2D eigenvalue weighted by Gasteiger charge is -2.23. The molecule has 2 aromatic rings. The van der Waals surface area contributed by atoms with Crippen LogP contribution >= 0.6 is 0 Å². The predicted molar refractivity (Wildman–Crippen MR) is 71.8 cm³/mol. The van der Waals surface area contributed by atoms with Gasteiger partial charge in [0.1, 0.15) is 0 Å². The minimum Gasteiger partial charge on any atom is -0.314 e. The summed E-state index contributed by atoms with van der Waals surface area (Å²) in [7, 11) is 0. The van der Waals surface area contributed by atoms with Crippen molar-refractivity contribution in [3.8, 4) is 0 Å². The number of aromatic amines is 2. The first kappa shape index (κ1) is 14.0. The van der Waals surface area contributed by atoms with Gasteiger partial charge >= 0.3 is 0 Å². The third kappa shape index (κ3) is 4.24. The van der Waals surface area contributed by atoms with Gasteiger partial charge in [0, 0.05) is 39.3 Å². The van der Waals surface area contributed by atoms with Crippen LogP contribution in [-0.2, 0) is 13.1 Å². The van der Waals surface area contributed by atoms with Crippen LogP contribution in [0.3, 0.4) is 0 Å². The highest BCUT2D eigenvalue weighted by Crippen LogP contribution is 2.02. The minimum atomic E-state index is 0.703. The highest BCUT2D eigenvalue weighted by atomic mass is 15.5. The van der Waals surface area contributed by atoms with Crippen molar-refractivity contribution in [2.75, 3.05) is 39.3 Å². The van der Waals surface area contributed by atoms with Gasteiger partial charge in [-0.05, 0) is 0 Å². The van der Waals surface area contributed by atoms with Crippen molar-refractivity contribution < 1.29 is 0 Å². The average molecular weight is 293 g/mol. The molecule has 0 aromatic carbocycles. The van der Waals surface area contributed by atoms with E-state index in [0.29, 0.717) is 13.1 Å². The monoisotopic (exact) mass is 293 g/mol. The average Bonchev–Trinajstić information content (AvgIpc) is 3.16. The molecule has 3 heterocycles. The van der Waals surface area contributed by atoms with Crippen LogP contribution in [0.1, 0.15) is 11.6 Å². The fourth-order valence-electron chi connectivity index (χ4n) is 2.32. The van der Waals surface area contributed by atoms with Crippen molar-refractivity contribution in [1.29, 1.82) is 0 Å². The predicted octanol–water partition coefficient (Wildman–Crippen LogP) is -2.38. The van der Waals surface area contributed by atoms with Gasteiger partial charge in [-0.1, -0.05) is 10.4 Å². The van der Waals surface area contributed by atoms with Crippen molar-refractivity contribution in [2.45, 2.75) is 13.1 Å². The zero-order valence-electron chi connectivity index (χ0n) is 11.7. The number of aromatic nitrogens is 8. The Morgan fingerprint density at radius 2 is 1.29 bits per heavy atom. The van der Waals surface area contributed by atoms with Gasteiger partial charge in [-0.15, -0.1) is 20.4 Å². The van der Waals surface area contributed by atoms with E-state index in [1.54, 1.807) is 0 Å². The Balaban J connectivity index is 1.55. The number of tetrazole rings is 2. The second-order valence-electron chi connectivity index (χ2n) is 4.96. The molecule has 2 aromatic heterocycles. The summed E-state index contributed by atoms with van der Waals surface area (Å²) in [5.41, 5.74) is 0. The first-order valence-electron chi connectivity index (χ1n) is 7.00. The van der Waals surface area contributed by atoms with Gasteiger partial charge in [0.2, 0.25) is 0 Å². The topological polar surface area (TPSA) is 127 Å². The third-order valence-electron chi connectivity index (χ3n) is 3.45. The van der Waals surface area contributed by atoms with Crippen LogP contribution in [0.4, 0.5) is 0 Å². The minimum absolute atomic E-state index is 0.703. The molecule has 11 nitrogen and oxygen atoms in total. The molecule has 0 saturated carbocycles. The summed E-state index contributed by atoms with van der Waals surface area (Å²) in [6, 6.07) is 0. The molecule has 0 aliphatic carbocycles. The van der Waals surface area contributed by atoms with Crippen molar-refractivity contribution in [3.05, 3.63) is 11.6 Å². The van der Waals surface area contributed by atoms with Gasteiger partial charge < -0.3 is 5.32 Å². The quantitative estimate of drug-likeness (QED) is 0.566. The van der Waals surface area contributed by atoms with Crippen LogP contribution in [0.25, 0.3) is 0 Å². The highest BCUT2D eigenvalue weighted by molar-refractivity contribution is 4.81. The normalized spacial score (nSPS) is 19.0. The smallest absolute Gasteiger partial charge is 0.188 e. The molecule has 1 saturated heterocycles. The largest absolute Gasteiger partial charge is 0.314 e. The molecule has 114 valence electrons. The lowest BCUT2D eigenvalue weighted by molar-refractivity contribution is 0.204. The van der Waals surface area contributed by atoms with Crippen LogP contribution in [0.2, 0.25) is 0 Å². The van der Waals surface area contributed by atoms with E-state index in [1.165, 1.54) is 0 Å². The Kier molecular flexibility index (Phi) is 4.76. The van der Waals surface area contributed by atoms with E-state index in [2.05, 4.69) is 56.4 Å². The van der Waals surface area contributed by atoms with Gasteiger partial charge in [0.05, 0.1) is 13.1 Å². The summed E-state index contributed by atoms with van der Waals surface area (Å²) < 4.78 is 0. The Hall–Kier alpha value is -1.98. The van der Waals surface area contributed by atoms with Crippen molar-refractivity contribution in [2.24, 2.45) is 0 Å². The molecular weight excluding hydrogens is 274 g/mol. The number of hydrogen-bond acceptors (Lipinski definition) is 9. The molecule has 21 heavy (non-hydrogen) atoms. The zero-order valence-corrected chi connectivity index (χ0v) is 11.7. The summed E-state index contributed by atoms with van der Waals surface area (Å²) in [5.74, 6) is 1.44. The second-order valence-corrected chi connectivity index (χ2v) is 4.96. The van der Waals surface area contributed by atoms with Crippen LogP contribution < -0.4 is 5.32 Å². The molecule has 1 fully saturated rings. The Bertz CT molecular complexity index is 449. The van der Waals surface area contributed by atoms with Gasteiger partial charge in [-0.2, -0.15) is 10.4 Å². The molecular formula is C10H19N11. The molecule has 0 atom stereocenters. The molecule has 0 bridgehead atoms. The molecule has 3 rings (SSSR count). The lowest BCUT2D eigenvalue weighted by atomic mass is 10.4. The molecule has 0 spiro atoms. The number of nitrogens with one attached hydrogen (secondary N) is 3. The van der Waals surface area contributed by atoms with E-state index in [-0.39, 0.29) is 0 Å². The standard InChI is InChI=1S/C10H19N11/c1-3-20(7-9-12-16-17-13-9)5-6-21(4-2-11-1)8-10-14-18-19-15-10/h11H,1-8H2,(H,12,13,16,17)(H,14,15,18,19). The molecule has 1 aliphatic rings. The van der Waals surface area contributed by atoms with E-state index in [0.717, 1.165) is 50.9 Å². The van der Waals surface area contributed by atoms with Crippen LogP contribution in [-0.4, -0.2) is 90.3 Å². The summed E-state index contributed by atoms with van der Waals surface area (Å²) in [6.45, 7) is 7.11. The summed E-state index contributed by atoms with van der Waals surface area (Å²) in [6.07, 6.45) is 0. The maximum atomic E-state index is 4.01. The van der Waals surface area contributed by atoms with Crippen LogP contribution in [0.15, 0.2) is 0 Å². The first-order chi connectivity index (χ1) is 10.4. The van der Waals surface area contributed by atoms with E-state index in [1.807, 2.05) is 0 Å². The fourth-order valence-corrected chi connectivity index (χ4v) is 2.32. The molecule has 11 heteroatoms. The van der Waals surface area contributed by atoms with Gasteiger partial charge in [0.15, 0.2) is 11.6 Å². The summed E-state index contributed by atoms with van der Waals surface area (Å²) >= 11 is 0. The summed E-state index contributed by atoms with van der Waals surface area (Å²) in [4.78, 5) is 4.62. The van der Waals surface area contributed by atoms with Crippen molar-refractivity contribution in [1.82, 2.24) is 56.4 Å². The van der Waals surface area contributed by atoms with Gasteiger partial charge in [0.25, 0.3) is 0 Å². The fraction of sp³-hybridized carbons (Fsp3) is 0.800. The van der Waals surface area contributed by atoms with Gasteiger partial charge in [-0.25, -0.2) is 0 Å². The van der Waals surface area contributed by atoms with Crippen molar-refractivity contribution in [3.63, 3.8) is 0 Å². The highest BCUT2D eigenvalue weighted by Gasteiger charge is 2.15. The number of hydrogen-bond donors (Lipinski definition) is 3. The Morgan fingerprint density at radius 3 is 1.71 bits per heavy atom. The third-order valence-corrected chi connectivity index (χ3v) is 3.45. The number of nitrogens with zero attached hydrogens (tertiary/aromatic N) is 8. The number of H-pyrrole nitrogens is 2. The van der Waals surface area contributed by atoms with E-state index >= 15 is 0 Å². The van der Waals surface area contributed by atoms with E-state index in [9.17, 15) is 0 Å².